The van der Waals surface area contributed by atoms with E-state index in [2.05, 4.69) is 25.4 Å². The summed E-state index contributed by atoms with van der Waals surface area (Å²) in [5.41, 5.74) is 8.56. The van der Waals surface area contributed by atoms with Crippen LogP contribution in [0.3, 0.4) is 0 Å². The van der Waals surface area contributed by atoms with Crippen molar-refractivity contribution in [1.29, 1.82) is 0 Å². The Bertz CT molecular complexity index is 1350. The SMILES string of the molecule is COc1c(Oc2ccccc2)ccc(NC(=O)c2csc(-c3ccnnc3)n2)c1N1CCC[C@@H](CN)C1. The first-order chi connectivity index (χ1) is 18.2. The van der Waals surface area contributed by atoms with Crippen LogP contribution in [-0.4, -0.2) is 47.8 Å². The fraction of sp³-hybridized carbons (Fsp3) is 0.259. The molecule has 0 bridgehead atoms. The van der Waals surface area contributed by atoms with Crippen LogP contribution in [0.15, 0.2) is 66.3 Å². The van der Waals surface area contributed by atoms with Gasteiger partial charge in [-0.3, -0.25) is 4.79 Å². The summed E-state index contributed by atoms with van der Waals surface area (Å²) in [4.78, 5) is 20.0. The van der Waals surface area contributed by atoms with Crippen LogP contribution in [0, 0.1) is 5.92 Å². The lowest BCUT2D eigenvalue weighted by atomic mass is 9.97. The molecule has 2 aromatic carbocycles. The lowest BCUT2D eigenvalue weighted by Gasteiger charge is -2.36. The topological polar surface area (TPSA) is 115 Å². The zero-order valence-corrected chi connectivity index (χ0v) is 21.3. The Kier molecular flexibility index (Phi) is 7.57. The normalized spacial score (nSPS) is 15.3. The molecule has 37 heavy (non-hydrogen) atoms. The number of benzene rings is 2. The van der Waals surface area contributed by atoms with E-state index in [1.165, 1.54) is 11.3 Å². The first-order valence-corrected chi connectivity index (χ1v) is 13.0. The summed E-state index contributed by atoms with van der Waals surface area (Å²) in [6, 6.07) is 15.0. The number of hydrogen-bond acceptors (Lipinski definition) is 9. The molecule has 5 rings (SSSR count). The number of piperidine rings is 1. The molecule has 0 aliphatic carbocycles. The quantitative estimate of drug-likeness (QED) is 0.342. The monoisotopic (exact) mass is 516 g/mol. The lowest BCUT2D eigenvalue weighted by molar-refractivity contribution is 0.102. The van der Waals surface area contributed by atoms with E-state index < -0.39 is 0 Å². The molecule has 190 valence electrons. The standard InChI is InChI=1S/C27H28N6O3S/c1-35-25-23(36-20-7-3-2-4-8-20)10-9-21(24(25)33-13-5-6-18(14-28)16-33)31-26(34)22-17-37-27(32-22)19-11-12-29-30-15-19/h2-4,7-12,15,17-18H,5-6,13-14,16,28H2,1H3,(H,31,34)/t18-/m0/s1. The number of nitrogens with zero attached hydrogens (tertiary/aromatic N) is 4. The highest BCUT2D eigenvalue weighted by Crippen LogP contribution is 2.46. The Morgan fingerprint density at radius 2 is 2.05 bits per heavy atom. The number of nitrogens with two attached hydrogens (primary N) is 1. The van der Waals surface area contributed by atoms with Gasteiger partial charge in [0.2, 0.25) is 0 Å². The van der Waals surface area contributed by atoms with E-state index >= 15 is 0 Å². The second kappa shape index (κ2) is 11.4. The van der Waals surface area contributed by atoms with E-state index in [1.807, 2.05) is 48.5 Å². The van der Waals surface area contributed by atoms with Gasteiger partial charge in [-0.25, -0.2) is 4.98 Å². The zero-order valence-electron chi connectivity index (χ0n) is 20.5. The maximum absolute atomic E-state index is 13.3. The molecule has 4 aromatic rings. The largest absolute Gasteiger partial charge is 0.491 e. The van der Waals surface area contributed by atoms with Crippen LogP contribution in [0.2, 0.25) is 0 Å². The first-order valence-electron chi connectivity index (χ1n) is 12.1. The van der Waals surface area contributed by atoms with Gasteiger partial charge in [0, 0.05) is 24.0 Å². The van der Waals surface area contributed by atoms with E-state index in [0.717, 1.165) is 37.2 Å². The van der Waals surface area contributed by atoms with Crippen molar-refractivity contribution in [1.82, 2.24) is 15.2 Å². The van der Waals surface area contributed by atoms with Gasteiger partial charge >= 0.3 is 0 Å². The first kappa shape index (κ1) is 24.7. The average molecular weight is 517 g/mol. The summed E-state index contributed by atoms with van der Waals surface area (Å²) in [6.07, 6.45) is 5.29. The minimum absolute atomic E-state index is 0.308. The number of carbonyl (C=O) groups is 1. The molecule has 1 aliphatic heterocycles. The third kappa shape index (κ3) is 5.55. The molecule has 0 radical (unpaired) electrons. The number of nitrogens with one attached hydrogen (secondary N) is 1. The van der Waals surface area contributed by atoms with Gasteiger partial charge in [-0.05, 0) is 55.6 Å². The molecule has 0 spiro atoms. The molecule has 1 fully saturated rings. The van der Waals surface area contributed by atoms with Gasteiger partial charge in [-0.15, -0.1) is 11.3 Å². The van der Waals surface area contributed by atoms with Crippen LogP contribution < -0.4 is 25.4 Å². The number of ether oxygens (including phenoxy) is 2. The minimum atomic E-state index is -0.308. The molecular formula is C27H28N6O3S. The van der Waals surface area contributed by atoms with Crippen molar-refractivity contribution in [2.24, 2.45) is 11.7 Å². The smallest absolute Gasteiger partial charge is 0.275 e. The third-order valence-corrected chi connectivity index (χ3v) is 7.15. The Morgan fingerprint density at radius 1 is 1.19 bits per heavy atom. The van der Waals surface area contributed by atoms with Crippen molar-refractivity contribution in [3.8, 4) is 27.8 Å². The van der Waals surface area contributed by atoms with Gasteiger partial charge in [-0.2, -0.15) is 10.2 Å². The maximum Gasteiger partial charge on any atom is 0.275 e. The Balaban J connectivity index is 1.48. The minimum Gasteiger partial charge on any atom is -0.491 e. The van der Waals surface area contributed by atoms with Crippen LogP contribution in [0.1, 0.15) is 23.3 Å². The highest BCUT2D eigenvalue weighted by molar-refractivity contribution is 7.13. The molecule has 0 saturated carbocycles. The van der Waals surface area contributed by atoms with Gasteiger partial charge in [0.25, 0.3) is 5.91 Å². The van der Waals surface area contributed by atoms with Gasteiger partial charge in [0.05, 0.1) is 25.2 Å². The number of rotatable bonds is 8. The summed E-state index contributed by atoms with van der Waals surface area (Å²) in [5, 5.41) is 13.2. The van der Waals surface area contributed by atoms with Crippen LogP contribution >= 0.6 is 11.3 Å². The van der Waals surface area contributed by atoms with Gasteiger partial charge < -0.3 is 25.4 Å². The molecular weight excluding hydrogens is 488 g/mol. The molecule has 10 heteroatoms. The van der Waals surface area contributed by atoms with E-state index in [4.69, 9.17) is 15.2 Å². The highest BCUT2D eigenvalue weighted by atomic mass is 32.1. The third-order valence-electron chi connectivity index (χ3n) is 6.26. The molecule has 1 aliphatic rings. The van der Waals surface area contributed by atoms with Crippen molar-refractivity contribution < 1.29 is 14.3 Å². The van der Waals surface area contributed by atoms with Gasteiger partial charge in [-0.1, -0.05) is 18.2 Å². The Labute approximate surface area is 219 Å². The maximum atomic E-state index is 13.3. The number of thiazole rings is 1. The highest BCUT2D eigenvalue weighted by Gasteiger charge is 2.27. The van der Waals surface area contributed by atoms with Crippen molar-refractivity contribution >= 4 is 28.6 Å². The van der Waals surface area contributed by atoms with Crippen molar-refractivity contribution in [2.75, 3.05) is 37.0 Å². The number of para-hydroxylation sites is 1. The molecule has 3 N–H and O–H groups in total. The number of methoxy groups -OCH3 is 1. The van der Waals surface area contributed by atoms with Crippen LogP contribution in [0.25, 0.3) is 10.6 Å². The van der Waals surface area contributed by atoms with E-state index in [-0.39, 0.29) is 5.91 Å². The van der Waals surface area contributed by atoms with Crippen LogP contribution in [0.4, 0.5) is 11.4 Å². The number of carbonyl (C=O) groups excluding carboxylic acids is 1. The predicted octanol–water partition coefficient (Wildman–Crippen LogP) is 4.83. The molecule has 3 heterocycles. The summed E-state index contributed by atoms with van der Waals surface area (Å²) in [5.74, 6) is 1.87. The van der Waals surface area contributed by atoms with Crippen molar-refractivity contribution in [2.45, 2.75) is 12.8 Å². The summed E-state index contributed by atoms with van der Waals surface area (Å²) in [6.45, 7) is 2.19. The molecule has 1 saturated heterocycles. The molecule has 0 unspecified atom stereocenters. The van der Waals surface area contributed by atoms with E-state index in [1.54, 1.807) is 24.9 Å². The number of amides is 1. The number of hydrogen-bond donors (Lipinski definition) is 2. The molecule has 1 atom stereocenters. The zero-order chi connectivity index (χ0) is 25.6. The van der Waals surface area contributed by atoms with Crippen LogP contribution in [-0.2, 0) is 0 Å². The second-order valence-corrected chi connectivity index (χ2v) is 9.58. The number of anilines is 2. The van der Waals surface area contributed by atoms with E-state index in [0.29, 0.717) is 46.1 Å². The Hall–Kier alpha value is -4.02. The summed E-state index contributed by atoms with van der Waals surface area (Å²) < 4.78 is 12.1. The Morgan fingerprint density at radius 3 is 2.81 bits per heavy atom. The fourth-order valence-electron chi connectivity index (χ4n) is 4.44. The number of aromatic nitrogens is 3. The average Bonchev–Trinajstić information content (AvgIpc) is 3.45. The van der Waals surface area contributed by atoms with Crippen molar-refractivity contribution in [3.05, 3.63) is 72.0 Å². The van der Waals surface area contributed by atoms with E-state index in [9.17, 15) is 4.79 Å². The lowest BCUT2D eigenvalue weighted by Crippen LogP contribution is -2.39. The van der Waals surface area contributed by atoms with Crippen molar-refractivity contribution in [3.63, 3.8) is 0 Å². The van der Waals surface area contributed by atoms with Crippen LogP contribution in [0.5, 0.6) is 17.2 Å². The molecule has 2 aromatic heterocycles. The molecule has 1 amide bonds. The summed E-state index contributed by atoms with van der Waals surface area (Å²) >= 11 is 1.38. The fourth-order valence-corrected chi connectivity index (χ4v) is 5.23. The van der Waals surface area contributed by atoms with Gasteiger partial charge in [0.15, 0.2) is 11.5 Å². The predicted molar refractivity (Wildman–Crippen MR) is 145 cm³/mol. The molecule has 9 nitrogen and oxygen atoms in total. The summed E-state index contributed by atoms with van der Waals surface area (Å²) in [7, 11) is 1.61. The second-order valence-electron chi connectivity index (χ2n) is 8.72. The van der Waals surface area contributed by atoms with Gasteiger partial charge in [0.1, 0.15) is 22.1 Å².